The van der Waals surface area contributed by atoms with Crippen molar-refractivity contribution in [2.75, 3.05) is 26.2 Å². The third-order valence-corrected chi connectivity index (χ3v) is 1.92. The Bertz CT molecular complexity index is 95.9. The van der Waals surface area contributed by atoms with Gasteiger partial charge in [0.25, 0.3) is 0 Å². The van der Waals surface area contributed by atoms with Gasteiger partial charge >= 0.3 is 0 Å². The van der Waals surface area contributed by atoms with E-state index in [1.807, 2.05) is 11.9 Å². The van der Waals surface area contributed by atoms with Crippen LogP contribution in [0.25, 0.3) is 0 Å². The first-order valence-corrected chi connectivity index (χ1v) is 3.69. The van der Waals surface area contributed by atoms with Crippen LogP contribution in [0.3, 0.4) is 0 Å². The summed E-state index contributed by atoms with van der Waals surface area (Å²) in [6, 6.07) is 0. The molecule has 4 heteroatoms. The van der Waals surface area contributed by atoms with Crippen molar-refractivity contribution in [3.63, 3.8) is 0 Å². The highest BCUT2D eigenvalue weighted by Crippen LogP contribution is 1.98. The van der Waals surface area contributed by atoms with Gasteiger partial charge in [-0.15, -0.1) is 0 Å². The average Bonchev–Trinajstić information content (AvgIpc) is 1.88. The van der Waals surface area contributed by atoms with Gasteiger partial charge in [0.15, 0.2) is 0 Å². The number of hydrazine groups is 1. The van der Waals surface area contributed by atoms with Crippen LogP contribution in [0.15, 0.2) is 0 Å². The standard InChI is InChI=1S/C6H16N4/c1-6(7)9-2-4-10(8)5-3-9/h6H,2-5,7-8H2,1H3. The molecule has 0 saturated carbocycles. The number of hydrogen-bond acceptors (Lipinski definition) is 4. The van der Waals surface area contributed by atoms with Gasteiger partial charge in [0, 0.05) is 26.2 Å². The first-order valence-electron chi connectivity index (χ1n) is 3.69. The predicted octanol–water partition coefficient (Wildman–Crippen LogP) is -1.22. The fourth-order valence-electron chi connectivity index (χ4n) is 1.14. The molecule has 0 aromatic carbocycles. The number of piperazine rings is 1. The second kappa shape index (κ2) is 3.30. The van der Waals surface area contributed by atoms with Crippen molar-refractivity contribution in [2.45, 2.75) is 13.1 Å². The van der Waals surface area contributed by atoms with Crippen molar-refractivity contribution < 1.29 is 0 Å². The molecule has 0 aromatic heterocycles. The van der Waals surface area contributed by atoms with Crippen LogP contribution in [0.4, 0.5) is 0 Å². The zero-order valence-electron chi connectivity index (χ0n) is 6.45. The Kier molecular flexibility index (Phi) is 2.62. The van der Waals surface area contributed by atoms with Crippen LogP contribution in [-0.2, 0) is 0 Å². The number of nitrogens with zero attached hydrogens (tertiary/aromatic N) is 2. The van der Waals surface area contributed by atoms with Gasteiger partial charge in [-0.05, 0) is 6.92 Å². The molecule has 1 atom stereocenters. The normalized spacial score (nSPS) is 26.7. The van der Waals surface area contributed by atoms with Crippen LogP contribution in [-0.4, -0.2) is 42.3 Å². The monoisotopic (exact) mass is 144 g/mol. The summed E-state index contributed by atoms with van der Waals surface area (Å²) >= 11 is 0. The van der Waals surface area contributed by atoms with Gasteiger partial charge in [-0.3, -0.25) is 10.7 Å². The minimum absolute atomic E-state index is 0.175. The molecule has 1 saturated heterocycles. The van der Waals surface area contributed by atoms with E-state index in [0.29, 0.717) is 0 Å². The molecule has 0 spiro atoms. The van der Waals surface area contributed by atoms with E-state index in [1.165, 1.54) is 0 Å². The molecule has 0 amide bonds. The molecule has 0 aliphatic carbocycles. The maximum Gasteiger partial charge on any atom is 0.0543 e. The lowest BCUT2D eigenvalue weighted by Crippen LogP contribution is -2.54. The number of rotatable bonds is 1. The molecule has 1 aliphatic rings. The van der Waals surface area contributed by atoms with Crippen LogP contribution in [0.2, 0.25) is 0 Å². The molecule has 60 valence electrons. The van der Waals surface area contributed by atoms with Gasteiger partial charge in [0.1, 0.15) is 0 Å². The summed E-state index contributed by atoms with van der Waals surface area (Å²) in [5, 5.41) is 1.83. The van der Waals surface area contributed by atoms with E-state index >= 15 is 0 Å². The summed E-state index contributed by atoms with van der Waals surface area (Å²) in [7, 11) is 0. The Labute approximate surface area is 61.7 Å². The fourth-order valence-corrected chi connectivity index (χ4v) is 1.14. The Hall–Kier alpha value is -0.160. The maximum atomic E-state index is 5.68. The first kappa shape index (κ1) is 7.94. The molecule has 1 unspecified atom stereocenters. The quantitative estimate of drug-likeness (QED) is 0.453. The average molecular weight is 144 g/mol. The number of hydrogen-bond donors (Lipinski definition) is 2. The molecule has 0 bridgehead atoms. The molecule has 4 nitrogen and oxygen atoms in total. The van der Waals surface area contributed by atoms with Crippen LogP contribution >= 0.6 is 0 Å². The maximum absolute atomic E-state index is 5.68. The summed E-state index contributed by atoms with van der Waals surface area (Å²) in [4.78, 5) is 2.23. The summed E-state index contributed by atoms with van der Waals surface area (Å²) in [6.45, 7) is 5.86. The van der Waals surface area contributed by atoms with Gasteiger partial charge in [-0.2, -0.15) is 0 Å². The largest absolute Gasteiger partial charge is 0.316 e. The Balaban J connectivity index is 2.26. The van der Waals surface area contributed by atoms with Gasteiger partial charge in [-0.1, -0.05) is 0 Å². The second-order valence-corrected chi connectivity index (χ2v) is 2.81. The molecule has 1 aliphatic heterocycles. The lowest BCUT2D eigenvalue weighted by atomic mass is 10.3. The van der Waals surface area contributed by atoms with Crippen LogP contribution in [0.5, 0.6) is 0 Å². The lowest BCUT2D eigenvalue weighted by Gasteiger charge is -2.34. The van der Waals surface area contributed by atoms with Crippen molar-refractivity contribution in [2.24, 2.45) is 11.6 Å². The lowest BCUT2D eigenvalue weighted by molar-refractivity contribution is 0.105. The molecule has 1 heterocycles. The number of nitrogens with two attached hydrogens (primary N) is 2. The van der Waals surface area contributed by atoms with Crippen LogP contribution in [0, 0.1) is 0 Å². The molecular weight excluding hydrogens is 128 g/mol. The predicted molar refractivity (Wildman–Crippen MR) is 41.0 cm³/mol. The highest BCUT2D eigenvalue weighted by molar-refractivity contribution is 4.69. The molecule has 0 radical (unpaired) electrons. The third kappa shape index (κ3) is 1.91. The fraction of sp³-hybridized carbons (Fsp3) is 1.00. The summed E-state index contributed by atoms with van der Waals surface area (Å²) < 4.78 is 0. The SMILES string of the molecule is CC(N)N1CCN(N)CC1. The van der Waals surface area contributed by atoms with E-state index in [-0.39, 0.29) is 6.17 Å². The van der Waals surface area contributed by atoms with Crippen molar-refractivity contribution in [1.29, 1.82) is 0 Å². The third-order valence-electron chi connectivity index (χ3n) is 1.92. The van der Waals surface area contributed by atoms with Crippen molar-refractivity contribution >= 4 is 0 Å². The minimum atomic E-state index is 0.175. The van der Waals surface area contributed by atoms with E-state index in [2.05, 4.69) is 4.90 Å². The van der Waals surface area contributed by atoms with Crippen LogP contribution in [0.1, 0.15) is 6.92 Å². The summed E-state index contributed by atoms with van der Waals surface area (Å²) in [5.41, 5.74) is 5.68. The zero-order chi connectivity index (χ0) is 7.56. The molecule has 0 aromatic rings. The van der Waals surface area contributed by atoms with Gasteiger partial charge in [-0.25, -0.2) is 5.01 Å². The van der Waals surface area contributed by atoms with E-state index in [1.54, 1.807) is 0 Å². The molecule has 1 rings (SSSR count). The van der Waals surface area contributed by atoms with Crippen molar-refractivity contribution in [1.82, 2.24) is 9.91 Å². The smallest absolute Gasteiger partial charge is 0.0543 e. The van der Waals surface area contributed by atoms with E-state index < -0.39 is 0 Å². The van der Waals surface area contributed by atoms with E-state index in [9.17, 15) is 0 Å². The highest BCUT2D eigenvalue weighted by atomic mass is 15.4. The van der Waals surface area contributed by atoms with Crippen molar-refractivity contribution in [3.05, 3.63) is 0 Å². The van der Waals surface area contributed by atoms with E-state index in [0.717, 1.165) is 26.2 Å². The Morgan fingerprint density at radius 3 is 2.10 bits per heavy atom. The summed E-state index contributed by atoms with van der Waals surface area (Å²) in [6.07, 6.45) is 0.175. The Morgan fingerprint density at radius 1 is 1.20 bits per heavy atom. The Morgan fingerprint density at radius 2 is 1.70 bits per heavy atom. The highest BCUT2D eigenvalue weighted by Gasteiger charge is 2.15. The second-order valence-electron chi connectivity index (χ2n) is 2.81. The molecular formula is C6H16N4. The topological polar surface area (TPSA) is 58.5 Å². The zero-order valence-corrected chi connectivity index (χ0v) is 6.45. The molecule has 10 heavy (non-hydrogen) atoms. The van der Waals surface area contributed by atoms with E-state index in [4.69, 9.17) is 11.6 Å². The van der Waals surface area contributed by atoms with Crippen molar-refractivity contribution in [3.8, 4) is 0 Å². The molecule has 4 N–H and O–H groups in total. The van der Waals surface area contributed by atoms with Gasteiger partial charge < -0.3 is 5.73 Å². The summed E-state index contributed by atoms with van der Waals surface area (Å²) in [5.74, 6) is 5.56. The first-order chi connectivity index (χ1) is 4.70. The van der Waals surface area contributed by atoms with Gasteiger partial charge in [0.2, 0.25) is 0 Å². The van der Waals surface area contributed by atoms with Gasteiger partial charge in [0.05, 0.1) is 6.17 Å². The molecule has 1 fully saturated rings. The minimum Gasteiger partial charge on any atom is -0.316 e. The van der Waals surface area contributed by atoms with Crippen LogP contribution < -0.4 is 11.6 Å².